The first-order valence-corrected chi connectivity index (χ1v) is 6.08. The number of thiocarbonyl (C=S) groups is 1. The zero-order valence-electron chi connectivity index (χ0n) is 10.4. The third-order valence-corrected chi connectivity index (χ3v) is 2.69. The molecule has 0 heterocycles. The Labute approximate surface area is 103 Å². The Morgan fingerprint density at radius 3 is 2.31 bits per heavy atom. The Morgan fingerprint density at radius 1 is 1.25 bits per heavy atom. The molecule has 0 spiro atoms. The van der Waals surface area contributed by atoms with Gasteiger partial charge in [0, 0.05) is 11.7 Å². The molecule has 1 atom stereocenters. The molecule has 0 aromatic heterocycles. The fraction of sp³-hybridized carbons (Fsp3) is 0.462. The van der Waals surface area contributed by atoms with E-state index in [9.17, 15) is 0 Å². The zero-order chi connectivity index (χ0) is 12.1. The number of rotatable bonds is 3. The highest BCUT2D eigenvalue weighted by Crippen LogP contribution is 2.13. The van der Waals surface area contributed by atoms with Crippen LogP contribution >= 0.6 is 12.2 Å². The second-order valence-corrected chi connectivity index (χ2v) is 4.69. The van der Waals surface area contributed by atoms with Gasteiger partial charge in [-0.3, -0.25) is 0 Å². The van der Waals surface area contributed by atoms with Crippen molar-refractivity contribution in [2.45, 2.75) is 40.2 Å². The Morgan fingerprint density at radius 2 is 1.81 bits per heavy atom. The molecule has 2 nitrogen and oxygen atoms in total. The molecule has 16 heavy (non-hydrogen) atoms. The maximum atomic E-state index is 5.24. The van der Waals surface area contributed by atoms with Crippen LogP contribution in [0.1, 0.15) is 31.4 Å². The second kappa shape index (κ2) is 5.85. The summed E-state index contributed by atoms with van der Waals surface area (Å²) in [6.45, 7) is 8.43. The van der Waals surface area contributed by atoms with E-state index in [1.807, 2.05) is 0 Å². The average molecular weight is 236 g/mol. The zero-order valence-corrected chi connectivity index (χ0v) is 11.2. The van der Waals surface area contributed by atoms with Gasteiger partial charge in [-0.2, -0.15) is 0 Å². The average Bonchev–Trinajstić information content (AvgIpc) is 2.15. The molecule has 0 aliphatic carbocycles. The van der Waals surface area contributed by atoms with Crippen LogP contribution in [0.5, 0.6) is 0 Å². The molecule has 0 fully saturated rings. The fourth-order valence-electron chi connectivity index (χ4n) is 1.54. The number of hydrogen-bond acceptors (Lipinski definition) is 1. The van der Waals surface area contributed by atoms with Gasteiger partial charge in [0.15, 0.2) is 5.11 Å². The fourth-order valence-corrected chi connectivity index (χ4v) is 1.86. The summed E-state index contributed by atoms with van der Waals surface area (Å²) in [7, 11) is 0. The Hall–Kier alpha value is -1.09. The molecule has 1 rings (SSSR count). The van der Waals surface area contributed by atoms with Crippen molar-refractivity contribution in [2.75, 3.05) is 5.32 Å². The van der Waals surface area contributed by atoms with Crippen molar-refractivity contribution in [1.82, 2.24) is 5.32 Å². The lowest BCUT2D eigenvalue weighted by atomic mass is 10.1. The molecule has 0 aliphatic heterocycles. The molecule has 1 aromatic carbocycles. The van der Waals surface area contributed by atoms with Crippen LogP contribution in [0.2, 0.25) is 0 Å². The summed E-state index contributed by atoms with van der Waals surface area (Å²) in [5.41, 5.74) is 3.54. The maximum Gasteiger partial charge on any atom is 0.170 e. The number of benzene rings is 1. The quantitative estimate of drug-likeness (QED) is 0.787. The van der Waals surface area contributed by atoms with Crippen molar-refractivity contribution in [2.24, 2.45) is 0 Å². The highest BCUT2D eigenvalue weighted by molar-refractivity contribution is 7.80. The van der Waals surface area contributed by atoms with Gasteiger partial charge in [0.1, 0.15) is 0 Å². The van der Waals surface area contributed by atoms with Gasteiger partial charge in [-0.15, -0.1) is 0 Å². The first kappa shape index (κ1) is 13.0. The van der Waals surface area contributed by atoms with Crippen LogP contribution in [-0.4, -0.2) is 11.2 Å². The Balaban J connectivity index is 2.62. The minimum absolute atomic E-state index is 0.408. The lowest BCUT2D eigenvalue weighted by Gasteiger charge is -2.15. The van der Waals surface area contributed by atoms with Crippen LogP contribution in [0, 0.1) is 13.8 Å². The molecule has 0 saturated heterocycles. The van der Waals surface area contributed by atoms with Crippen LogP contribution in [-0.2, 0) is 0 Å². The van der Waals surface area contributed by atoms with E-state index >= 15 is 0 Å². The van der Waals surface area contributed by atoms with Crippen molar-refractivity contribution in [3.05, 3.63) is 29.3 Å². The first-order chi connectivity index (χ1) is 7.51. The lowest BCUT2D eigenvalue weighted by Crippen LogP contribution is -2.35. The van der Waals surface area contributed by atoms with Gasteiger partial charge < -0.3 is 10.6 Å². The molecule has 0 saturated carbocycles. The first-order valence-electron chi connectivity index (χ1n) is 5.67. The predicted octanol–water partition coefficient (Wildman–Crippen LogP) is 3.39. The van der Waals surface area contributed by atoms with Crippen molar-refractivity contribution >= 4 is 23.0 Å². The van der Waals surface area contributed by atoms with Gasteiger partial charge >= 0.3 is 0 Å². The maximum absolute atomic E-state index is 5.24. The minimum Gasteiger partial charge on any atom is -0.360 e. The Kier molecular flexibility index (Phi) is 4.74. The normalized spacial score (nSPS) is 12.0. The van der Waals surface area contributed by atoms with Crippen molar-refractivity contribution in [1.29, 1.82) is 0 Å². The molecule has 2 N–H and O–H groups in total. The summed E-state index contributed by atoms with van der Waals surface area (Å²) in [6.07, 6.45) is 1.06. The number of aryl methyl sites for hydroxylation is 2. The van der Waals surface area contributed by atoms with Gasteiger partial charge in [0.2, 0.25) is 0 Å². The van der Waals surface area contributed by atoms with Gasteiger partial charge in [0.25, 0.3) is 0 Å². The Bertz CT molecular complexity index is 354. The van der Waals surface area contributed by atoms with E-state index < -0.39 is 0 Å². The number of anilines is 1. The van der Waals surface area contributed by atoms with E-state index in [-0.39, 0.29) is 0 Å². The van der Waals surface area contributed by atoms with Gasteiger partial charge in [-0.1, -0.05) is 13.0 Å². The van der Waals surface area contributed by atoms with E-state index in [2.05, 4.69) is 56.5 Å². The van der Waals surface area contributed by atoms with E-state index in [0.717, 1.165) is 12.1 Å². The smallest absolute Gasteiger partial charge is 0.170 e. The molecule has 0 bridgehead atoms. The lowest BCUT2D eigenvalue weighted by molar-refractivity contribution is 0.646. The highest BCUT2D eigenvalue weighted by atomic mass is 32.1. The third-order valence-electron chi connectivity index (χ3n) is 2.47. The van der Waals surface area contributed by atoms with Crippen LogP contribution in [0.15, 0.2) is 18.2 Å². The molecular formula is C13H20N2S. The molecule has 0 aliphatic rings. The van der Waals surface area contributed by atoms with Crippen molar-refractivity contribution in [3.63, 3.8) is 0 Å². The molecule has 0 radical (unpaired) electrons. The molecule has 88 valence electrons. The monoisotopic (exact) mass is 236 g/mol. The molecular weight excluding hydrogens is 216 g/mol. The standard InChI is InChI=1S/C13H20N2S/c1-5-11(4)14-13(16)15-12-7-9(2)6-10(3)8-12/h6-8,11H,5H2,1-4H3,(H2,14,15,16)/t11-/m1/s1. The summed E-state index contributed by atoms with van der Waals surface area (Å²) in [6, 6.07) is 6.75. The van der Waals surface area contributed by atoms with Crippen LogP contribution < -0.4 is 10.6 Å². The summed E-state index contributed by atoms with van der Waals surface area (Å²) in [4.78, 5) is 0. The van der Waals surface area contributed by atoms with E-state index in [4.69, 9.17) is 12.2 Å². The largest absolute Gasteiger partial charge is 0.360 e. The summed E-state index contributed by atoms with van der Waals surface area (Å²) < 4.78 is 0. The van der Waals surface area contributed by atoms with Gasteiger partial charge in [0.05, 0.1) is 0 Å². The van der Waals surface area contributed by atoms with Crippen molar-refractivity contribution < 1.29 is 0 Å². The van der Waals surface area contributed by atoms with Crippen molar-refractivity contribution in [3.8, 4) is 0 Å². The summed E-state index contributed by atoms with van der Waals surface area (Å²) >= 11 is 5.24. The van der Waals surface area contributed by atoms with Gasteiger partial charge in [-0.05, 0) is 62.7 Å². The SMILES string of the molecule is CC[C@@H](C)NC(=S)Nc1cc(C)cc(C)c1. The number of nitrogens with one attached hydrogen (secondary N) is 2. The van der Waals surface area contributed by atoms with Crippen LogP contribution in [0.25, 0.3) is 0 Å². The topological polar surface area (TPSA) is 24.1 Å². The van der Waals surface area contributed by atoms with Crippen LogP contribution in [0.3, 0.4) is 0 Å². The molecule has 1 aromatic rings. The van der Waals surface area contributed by atoms with E-state index in [1.54, 1.807) is 0 Å². The van der Waals surface area contributed by atoms with E-state index in [1.165, 1.54) is 11.1 Å². The third kappa shape index (κ3) is 4.19. The summed E-state index contributed by atoms with van der Waals surface area (Å²) in [5.74, 6) is 0. The number of hydrogen-bond donors (Lipinski definition) is 2. The van der Waals surface area contributed by atoms with Gasteiger partial charge in [-0.25, -0.2) is 0 Å². The van der Waals surface area contributed by atoms with Crippen LogP contribution in [0.4, 0.5) is 5.69 Å². The predicted molar refractivity (Wildman–Crippen MR) is 75.0 cm³/mol. The highest BCUT2D eigenvalue weighted by Gasteiger charge is 2.02. The molecule has 3 heteroatoms. The molecule has 0 amide bonds. The molecule has 0 unspecified atom stereocenters. The van der Waals surface area contributed by atoms with E-state index in [0.29, 0.717) is 11.2 Å². The summed E-state index contributed by atoms with van der Waals surface area (Å²) in [5, 5.41) is 7.14. The second-order valence-electron chi connectivity index (χ2n) is 4.28. The minimum atomic E-state index is 0.408.